The zero-order valence-corrected chi connectivity index (χ0v) is 16.6. The van der Waals surface area contributed by atoms with Crippen LogP contribution in [0.5, 0.6) is 0 Å². The van der Waals surface area contributed by atoms with Gasteiger partial charge >= 0.3 is 12.1 Å². The van der Waals surface area contributed by atoms with E-state index >= 15 is 0 Å². The molecule has 11 heteroatoms. The molecule has 0 aliphatic heterocycles. The molecule has 0 aromatic carbocycles. The number of nitrogens with one attached hydrogen (secondary N) is 1. The Morgan fingerprint density at radius 2 is 1.78 bits per heavy atom. The lowest BCUT2D eigenvalue weighted by molar-refractivity contribution is -0.560. The molecule has 0 heterocycles. The minimum absolute atomic E-state index is 0.107. The highest BCUT2D eigenvalue weighted by Gasteiger charge is 2.44. The maximum atomic E-state index is 12.1. The fraction of sp³-hybridized carbons (Fsp3) is 0.875. The molecule has 0 rings (SSSR count). The predicted molar refractivity (Wildman–Crippen MR) is 93.6 cm³/mol. The predicted octanol–water partition coefficient (Wildman–Crippen LogP) is 0.848. The third-order valence-corrected chi connectivity index (χ3v) is 3.42. The standard InChI is InChI=1S/C16H30N2O9/c1-7-26-11(19)9-8-10(17-15(21)27-16(2,3)4)13(20)12(18(22)23)14(24-5)25-6/h10,12-14,20H,7-9H2,1-6H3,(H,17,21)/t10-,12-,13+/m0/s1. The number of ether oxygens (including phenoxy) is 4. The first-order valence-electron chi connectivity index (χ1n) is 8.49. The van der Waals surface area contributed by atoms with E-state index in [0.717, 1.165) is 0 Å². The smallest absolute Gasteiger partial charge is 0.407 e. The number of rotatable bonds is 11. The Hall–Kier alpha value is -1.98. The van der Waals surface area contributed by atoms with E-state index in [0.29, 0.717) is 0 Å². The zero-order chi connectivity index (χ0) is 21.2. The number of esters is 1. The maximum absolute atomic E-state index is 12.1. The number of carbonyl (C=O) groups excluding carboxylic acids is 2. The van der Waals surface area contributed by atoms with Crippen molar-refractivity contribution in [3.63, 3.8) is 0 Å². The van der Waals surface area contributed by atoms with Gasteiger partial charge in [0.25, 0.3) is 6.04 Å². The Kier molecular flexibility index (Phi) is 10.8. The summed E-state index contributed by atoms with van der Waals surface area (Å²) >= 11 is 0. The van der Waals surface area contributed by atoms with Crippen LogP contribution in [0.2, 0.25) is 0 Å². The summed E-state index contributed by atoms with van der Waals surface area (Å²) in [5.74, 6) is -0.562. The SMILES string of the molecule is CCOC(=O)CC[C@H](NC(=O)OC(C)(C)C)[C@@H](O)[C@@H](C(OC)OC)[N+](=O)[O-]. The van der Waals surface area contributed by atoms with Crippen molar-refractivity contribution in [3.8, 4) is 0 Å². The molecule has 27 heavy (non-hydrogen) atoms. The lowest BCUT2D eigenvalue weighted by Gasteiger charge is -2.29. The molecule has 11 nitrogen and oxygen atoms in total. The second-order valence-corrected chi connectivity index (χ2v) is 6.70. The molecule has 1 amide bonds. The fourth-order valence-corrected chi connectivity index (χ4v) is 2.29. The third kappa shape index (κ3) is 9.50. The van der Waals surface area contributed by atoms with Crippen LogP contribution in [-0.4, -0.2) is 73.0 Å². The largest absolute Gasteiger partial charge is 0.466 e. The molecular weight excluding hydrogens is 364 g/mol. The highest BCUT2D eigenvalue weighted by Crippen LogP contribution is 2.16. The van der Waals surface area contributed by atoms with Gasteiger partial charge in [-0.2, -0.15) is 0 Å². The van der Waals surface area contributed by atoms with Crippen molar-refractivity contribution in [2.45, 2.75) is 70.6 Å². The number of aliphatic hydroxyl groups excluding tert-OH is 1. The van der Waals surface area contributed by atoms with Gasteiger partial charge in [-0.1, -0.05) is 0 Å². The van der Waals surface area contributed by atoms with Crippen LogP contribution in [0.3, 0.4) is 0 Å². The Balaban J connectivity index is 5.41. The van der Waals surface area contributed by atoms with Crippen LogP contribution >= 0.6 is 0 Å². The van der Waals surface area contributed by atoms with Gasteiger partial charge < -0.3 is 29.4 Å². The monoisotopic (exact) mass is 394 g/mol. The molecule has 0 spiro atoms. The number of carbonyl (C=O) groups is 2. The van der Waals surface area contributed by atoms with E-state index in [9.17, 15) is 24.8 Å². The van der Waals surface area contributed by atoms with E-state index in [2.05, 4.69) is 5.32 Å². The highest BCUT2D eigenvalue weighted by atomic mass is 16.7. The molecule has 0 aliphatic rings. The number of aliphatic hydroxyl groups is 1. The van der Waals surface area contributed by atoms with Crippen molar-refractivity contribution in [1.29, 1.82) is 0 Å². The topological polar surface area (TPSA) is 146 Å². The van der Waals surface area contributed by atoms with Gasteiger partial charge in [-0.05, 0) is 34.1 Å². The number of hydrogen-bond acceptors (Lipinski definition) is 9. The first-order chi connectivity index (χ1) is 12.5. The van der Waals surface area contributed by atoms with Gasteiger partial charge in [0.2, 0.25) is 6.29 Å². The van der Waals surface area contributed by atoms with Crippen LogP contribution in [-0.2, 0) is 23.7 Å². The molecule has 0 fully saturated rings. The summed E-state index contributed by atoms with van der Waals surface area (Å²) in [6, 6.07) is -2.88. The molecule has 0 radical (unpaired) electrons. The van der Waals surface area contributed by atoms with Crippen LogP contribution in [0.1, 0.15) is 40.5 Å². The summed E-state index contributed by atoms with van der Waals surface area (Å²) in [5.41, 5.74) is -0.815. The molecule has 158 valence electrons. The van der Waals surface area contributed by atoms with Crippen LogP contribution in [0.4, 0.5) is 4.79 Å². The van der Waals surface area contributed by atoms with Gasteiger partial charge in [0.1, 0.15) is 11.7 Å². The van der Waals surface area contributed by atoms with E-state index in [4.69, 9.17) is 18.9 Å². The first-order valence-corrected chi connectivity index (χ1v) is 8.49. The van der Waals surface area contributed by atoms with Gasteiger partial charge in [0, 0.05) is 25.6 Å². The van der Waals surface area contributed by atoms with Crippen LogP contribution in [0.25, 0.3) is 0 Å². The van der Waals surface area contributed by atoms with Crippen molar-refractivity contribution in [2.75, 3.05) is 20.8 Å². The number of hydrogen-bond donors (Lipinski definition) is 2. The second-order valence-electron chi connectivity index (χ2n) is 6.70. The third-order valence-electron chi connectivity index (χ3n) is 3.42. The molecule has 3 atom stereocenters. The normalized spacial score (nSPS) is 15.0. The Bertz CT molecular complexity index is 489. The Morgan fingerprint density at radius 3 is 2.19 bits per heavy atom. The van der Waals surface area contributed by atoms with E-state index in [1.54, 1.807) is 27.7 Å². The van der Waals surface area contributed by atoms with E-state index in [1.807, 2.05) is 0 Å². The lowest BCUT2D eigenvalue weighted by Crippen LogP contribution is -2.56. The average molecular weight is 394 g/mol. The van der Waals surface area contributed by atoms with Gasteiger partial charge in [-0.25, -0.2) is 4.79 Å². The molecular formula is C16H30N2O9. The molecule has 0 aromatic heterocycles. The van der Waals surface area contributed by atoms with Gasteiger partial charge in [-0.3, -0.25) is 14.9 Å². The Labute approximate surface area is 158 Å². The quantitative estimate of drug-likeness (QED) is 0.225. The van der Waals surface area contributed by atoms with Gasteiger partial charge in [0.15, 0.2) is 0 Å². The van der Waals surface area contributed by atoms with Crippen molar-refractivity contribution in [1.82, 2.24) is 5.32 Å². The fourth-order valence-electron chi connectivity index (χ4n) is 2.29. The van der Waals surface area contributed by atoms with Crippen LogP contribution < -0.4 is 5.32 Å². The van der Waals surface area contributed by atoms with Gasteiger partial charge in [0.05, 0.1) is 12.6 Å². The van der Waals surface area contributed by atoms with E-state index < -0.39 is 47.1 Å². The second kappa shape index (κ2) is 11.7. The summed E-state index contributed by atoms with van der Waals surface area (Å²) in [4.78, 5) is 34.3. The summed E-state index contributed by atoms with van der Waals surface area (Å²) in [5, 5.41) is 24.3. The molecule has 0 aromatic rings. The number of nitro groups is 1. The molecule has 0 bridgehead atoms. The van der Waals surface area contributed by atoms with Gasteiger partial charge in [-0.15, -0.1) is 0 Å². The Morgan fingerprint density at radius 1 is 1.22 bits per heavy atom. The summed E-state index contributed by atoms with van der Waals surface area (Å²) in [6.07, 6.45) is -4.24. The van der Waals surface area contributed by atoms with E-state index in [-0.39, 0.29) is 19.4 Å². The number of nitrogens with zero attached hydrogens (tertiary/aromatic N) is 1. The maximum Gasteiger partial charge on any atom is 0.407 e. The minimum Gasteiger partial charge on any atom is -0.466 e. The van der Waals surface area contributed by atoms with Crippen LogP contribution in [0.15, 0.2) is 0 Å². The molecule has 2 N–H and O–H groups in total. The lowest BCUT2D eigenvalue weighted by atomic mass is 9.98. The molecule has 0 unspecified atom stereocenters. The van der Waals surface area contributed by atoms with Crippen molar-refractivity contribution < 1.29 is 38.6 Å². The zero-order valence-electron chi connectivity index (χ0n) is 16.6. The number of alkyl carbamates (subject to hydrolysis) is 1. The van der Waals surface area contributed by atoms with Crippen molar-refractivity contribution in [3.05, 3.63) is 10.1 Å². The van der Waals surface area contributed by atoms with Crippen molar-refractivity contribution in [2.24, 2.45) is 0 Å². The van der Waals surface area contributed by atoms with Crippen LogP contribution in [0, 0.1) is 10.1 Å². The summed E-state index contributed by atoms with van der Waals surface area (Å²) in [7, 11) is 2.37. The number of amides is 1. The number of methoxy groups -OCH3 is 2. The molecule has 0 saturated heterocycles. The first kappa shape index (κ1) is 25.0. The highest BCUT2D eigenvalue weighted by molar-refractivity contribution is 5.70. The average Bonchev–Trinajstić information content (AvgIpc) is 2.53. The molecule has 0 aliphatic carbocycles. The summed E-state index contributed by atoms with van der Waals surface area (Å²) < 4.78 is 19.7. The van der Waals surface area contributed by atoms with Crippen molar-refractivity contribution >= 4 is 12.1 Å². The summed E-state index contributed by atoms with van der Waals surface area (Å²) in [6.45, 7) is 6.72. The molecule has 0 saturated carbocycles. The van der Waals surface area contributed by atoms with E-state index in [1.165, 1.54) is 14.2 Å². The minimum atomic E-state index is -1.72.